The number of hydrogen-bond donors (Lipinski definition) is 2. The Labute approximate surface area is 121 Å². The molecule has 1 aliphatic heterocycles. The fraction of sp³-hybridized carbons (Fsp3) is 0.267. The Morgan fingerprint density at radius 2 is 1.90 bits per heavy atom. The number of aryl methyl sites for hydroxylation is 1. The lowest BCUT2D eigenvalue weighted by molar-refractivity contribution is 0.568. The van der Waals surface area contributed by atoms with Crippen LogP contribution in [0.4, 0.5) is 20.4 Å². The molecule has 0 saturated heterocycles. The van der Waals surface area contributed by atoms with Gasteiger partial charge < -0.3 is 10.3 Å². The smallest absolute Gasteiger partial charge is 0.178 e. The van der Waals surface area contributed by atoms with Crippen LogP contribution in [0, 0.1) is 11.6 Å². The maximum absolute atomic E-state index is 14.0. The Morgan fingerprint density at radius 3 is 2.67 bits per heavy atom. The van der Waals surface area contributed by atoms with Crippen LogP contribution in [0.25, 0.3) is 0 Å². The summed E-state index contributed by atoms with van der Waals surface area (Å²) in [7, 11) is 0. The van der Waals surface area contributed by atoms with Crippen molar-refractivity contribution in [1.29, 1.82) is 0 Å². The van der Waals surface area contributed by atoms with Crippen molar-refractivity contribution in [2.45, 2.75) is 19.4 Å². The van der Waals surface area contributed by atoms with Gasteiger partial charge >= 0.3 is 0 Å². The van der Waals surface area contributed by atoms with Gasteiger partial charge in [0.05, 0.1) is 0 Å². The molecule has 1 aromatic heterocycles. The molecule has 21 heavy (non-hydrogen) atoms. The first kappa shape index (κ1) is 13.8. The number of rotatable bonds is 2. The van der Waals surface area contributed by atoms with Crippen LogP contribution in [0.5, 0.6) is 0 Å². The average molecular weight is 290 g/mol. The molecule has 0 bridgehead atoms. The number of fused-ring (bicyclic) bond motifs is 1. The van der Waals surface area contributed by atoms with E-state index >= 15 is 0 Å². The predicted molar refractivity (Wildman–Crippen MR) is 77.8 cm³/mol. The minimum atomic E-state index is -0.797. The van der Waals surface area contributed by atoms with Gasteiger partial charge in [-0.15, -0.1) is 0 Å². The van der Waals surface area contributed by atoms with Crippen LogP contribution in [0.15, 0.2) is 30.3 Å². The van der Waals surface area contributed by atoms with Gasteiger partial charge in [-0.05, 0) is 24.0 Å². The standard InChI is InChI=1S/C15H16F2N4/c16-12-8-13(17)15(19-14(12)20-18)21-7-3-6-10-4-1-2-5-11(10)9-21/h1-2,4-5,8H,3,6-7,9,18H2,(H,19,20). The maximum Gasteiger partial charge on any atom is 0.178 e. The van der Waals surface area contributed by atoms with Crippen molar-refractivity contribution in [2.75, 3.05) is 16.9 Å². The summed E-state index contributed by atoms with van der Waals surface area (Å²) in [6.45, 7) is 1.21. The summed E-state index contributed by atoms with van der Waals surface area (Å²) in [6, 6.07) is 8.89. The first-order chi connectivity index (χ1) is 10.2. The second-order valence-electron chi connectivity index (χ2n) is 5.06. The molecule has 2 aromatic rings. The SMILES string of the molecule is NNc1nc(N2CCCc3ccccc3C2)c(F)cc1F. The summed E-state index contributed by atoms with van der Waals surface area (Å²) in [4.78, 5) is 5.79. The van der Waals surface area contributed by atoms with E-state index in [9.17, 15) is 8.78 Å². The number of nitrogens with zero attached hydrogens (tertiary/aromatic N) is 2. The van der Waals surface area contributed by atoms with Crippen LogP contribution in [-0.4, -0.2) is 11.5 Å². The van der Waals surface area contributed by atoms with Crippen molar-refractivity contribution < 1.29 is 8.78 Å². The molecule has 1 aromatic carbocycles. The molecule has 4 nitrogen and oxygen atoms in total. The van der Waals surface area contributed by atoms with Crippen LogP contribution >= 0.6 is 0 Å². The van der Waals surface area contributed by atoms with Gasteiger partial charge in [0.15, 0.2) is 23.3 Å². The lowest BCUT2D eigenvalue weighted by Crippen LogP contribution is -2.25. The molecule has 0 amide bonds. The van der Waals surface area contributed by atoms with Crippen molar-refractivity contribution in [2.24, 2.45) is 5.84 Å². The summed E-state index contributed by atoms with van der Waals surface area (Å²) < 4.78 is 27.5. The molecule has 110 valence electrons. The molecule has 0 saturated carbocycles. The minimum absolute atomic E-state index is 0.126. The zero-order valence-electron chi connectivity index (χ0n) is 11.4. The maximum atomic E-state index is 14.0. The summed E-state index contributed by atoms with van der Waals surface area (Å²) in [5.41, 5.74) is 4.56. The van der Waals surface area contributed by atoms with E-state index in [0.717, 1.165) is 24.5 Å². The van der Waals surface area contributed by atoms with Crippen LogP contribution in [0.1, 0.15) is 17.5 Å². The van der Waals surface area contributed by atoms with E-state index in [1.807, 2.05) is 23.1 Å². The van der Waals surface area contributed by atoms with Crippen LogP contribution in [-0.2, 0) is 13.0 Å². The fourth-order valence-corrected chi connectivity index (χ4v) is 2.66. The van der Waals surface area contributed by atoms with E-state index in [0.29, 0.717) is 13.1 Å². The van der Waals surface area contributed by atoms with Gasteiger partial charge in [-0.3, -0.25) is 0 Å². The highest BCUT2D eigenvalue weighted by atomic mass is 19.1. The molecule has 0 unspecified atom stereocenters. The highest BCUT2D eigenvalue weighted by Crippen LogP contribution is 2.26. The molecule has 0 fully saturated rings. The summed E-state index contributed by atoms with van der Waals surface area (Å²) in [5.74, 6) is 3.72. The van der Waals surface area contributed by atoms with E-state index < -0.39 is 11.6 Å². The monoisotopic (exact) mass is 290 g/mol. The van der Waals surface area contributed by atoms with Crippen molar-refractivity contribution in [3.05, 3.63) is 53.1 Å². The zero-order valence-corrected chi connectivity index (χ0v) is 11.4. The first-order valence-electron chi connectivity index (χ1n) is 6.83. The first-order valence-corrected chi connectivity index (χ1v) is 6.83. The highest BCUT2D eigenvalue weighted by molar-refractivity contribution is 5.50. The van der Waals surface area contributed by atoms with Crippen molar-refractivity contribution in [1.82, 2.24) is 4.98 Å². The number of nitrogens with two attached hydrogens (primary N) is 1. The molecule has 0 spiro atoms. The molecular formula is C15H16F2N4. The lowest BCUT2D eigenvalue weighted by Gasteiger charge is -2.23. The molecule has 3 N–H and O–H groups in total. The van der Waals surface area contributed by atoms with Gasteiger partial charge in [-0.1, -0.05) is 24.3 Å². The Balaban J connectivity index is 1.97. The molecular weight excluding hydrogens is 274 g/mol. The third kappa shape index (κ3) is 2.67. The molecule has 6 heteroatoms. The predicted octanol–water partition coefficient (Wildman–Crippen LogP) is 2.60. The minimum Gasteiger partial charge on any atom is -0.350 e. The van der Waals surface area contributed by atoms with E-state index in [4.69, 9.17) is 5.84 Å². The average Bonchev–Trinajstić information content (AvgIpc) is 2.69. The van der Waals surface area contributed by atoms with Crippen molar-refractivity contribution in [3.8, 4) is 0 Å². The quantitative estimate of drug-likeness (QED) is 0.659. The normalized spacial score (nSPS) is 14.5. The van der Waals surface area contributed by atoms with Gasteiger partial charge in [0.25, 0.3) is 0 Å². The number of pyridine rings is 1. The Hall–Kier alpha value is -2.21. The third-order valence-corrected chi connectivity index (χ3v) is 3.70. The molecule has 0 radical (unpaired) electrons. The number of halogens is 2. The van der Waals surface area contributed by atoms with E-state index in [1.165, 1.54) is 5.56 Å². The Bertz CT molecular complexity index is 660. The van der Waals surface area contributed by atoms with Crippen LogP contribution in [0.3, 0.4) is 0 Å². The van der Waals surface area contributed by atoms with Gasteiger partial charge in [0.1, 0.15) is 0 Å². The Morgan fingerprint density at radius 1 is 1.14 bits per heavy atom. The summed E-state index contributed by atoms with van der Waals surface area (Å²) >= 11 is 0. The second-order valence-corrected chi connectivity index (χ2v) is 5.06. The zero-order chi connectivity index (χ0) is 14.8. The topological polar surface area (TPSA) is 54.2 Å². The molecule has 1 aliphatic rings. The van der Waals surface area contributed by atoms with Gasteiger partial charge in [-0.25, -0.2) is 19.6 Å². The van der Waals surface area contributed by atoms with E-state index in [-0.39, 0.29) is 11.6 Å². The number of hydrogen-bond acceptors (Lipinski definition) is 4. The third-order valence-electron chi connectivity index (χ3n) is 3.70. The number of aromatic nitrogens is 1. The number of hydrazine groups is 1. The molecule has 0 aliphatic carbocycles. The molecule has 3 rings (SSSR count). The van der Waals surface area contributed by atoms with Crippen molar-refractivity contribution >= 4 is 11.6 Å². The van der Waals surface area contributed by atoms with Gasteiger partial charge in [0.2, 0.25) is 0 Å². The highest BCUT2D eigenvalue weighted by Gasteiger charge is 2.20. The Kier molecular flexibility index (Phi) is 3.70. The van der Waals surface area contributed by atoms with Gasteiger partial charge in [-0.2, -0.15) is 0 Å². The van der Waals surface area contributed by atoms with Crippen LogP contribution < -0.4 is 16.2 Å². The fourth-order valence-electron chi connectivity index (χ4n) is 2.66. The number of nitrogen functional groups attached to an aromatic ring is 1. The van der Waals surface area contributed by atoms with Gasteiger partial charge in [0, 0.05) is 19.2 Å². The lowest BCUT2D eigenvalue weighted by atomic mass is 10.0. The number of benzene rings is 1. The molecule has 0 atom stereocenters. The van der Waals surface area contributed by atoms with Crippen LogP contribution in [0.2, 0.25) is 0 Å². The largest absolute Gasteiger partial charge is 0.350 e. The summed E-state index contributed by atoms with van der Waals surface area (Å²) in [5, 5.41) is 0. The summed E-state index contributed by atoms with van der Waals surface area (Å²) in [6.07, 6.45) is 1.83. The van der Waals surface area contributed by atoms with Crippen molar-refractivity contribution in [3.63, 3.8) is 0 Å². The number of nitrogens with one attached hydrogen (secondary N) is 1. The second kappa shape index (κ2) is 5.65. The van der Waals surface area contributed by atoms with E-state index in [2.05, 4.69) is 16.5 Å². The number of anilines is 2. The van der Waals surface area contributed by atoms with E-state index in [1.54, 1.807) is 0 Å². The molecule has 2 heterocycles.